The molecule has 7 nitrogen and oxygen atoms in total. The van der Waals surface area contributed by atoms with E-state index in [0.717, 1.165) is 13.1 Å². The number of sulfonamides is 1. The summed E-state index contributed by atoms with van der Waals surface area (Å²) in [7, 11) is -1.92. The third kappa shape index (κ3) is 3.28. The summed E-state index contributed by atoms with van der Waals surface area (Å²) in [6.07, 6.45) is 1.40. The second kappa shape index (κ2) is 5.78. The molecule has 2 N–H and O–H groups in total. The summed E-state index contributed by atoms with van der Waals surface area (Å²) in [4.78, 5) is 13.1. The molecule has 2 heterocycles. The van der Waals surface area contributed by atoms with Gasteiger partial charge in [-0.15, -0.1) is 0 Å². The molecule has 118 valence electrons. The first-order valence-electron chi connectivity index (χ1n) is 6.76. The van der Waals surface area contributed by atoms with Gasteiger partial charge in [-0.25, -0.2) is 17.9 Å². The lowest BCUT2D eigenvalue weighted by atomic mass is 10.1. The lowest BCUT2D eigenvalue weighted by Gasteiger charge is -2.29. The van der Waals surface area contributed by atoms with Gasteiger partial charge in [-0.1, -0.05) is 0 Å². The number of nitrogens with zero attached hydrogens (tertiary/aromatic N) is 1. The Balaban J connectivity index is 2.30. The molecule has 1 aliphatic rings. The Morgan fingerprint density at radius 1 is 1.29 bits per heavy atom. The van der Waals surface area contributed by atoms with Crippen LogP contribution in [0.25, 0.3) is 0 Å². The Morgan fingerprint density at radius 3 is 2.38 bits per heavy atom. The summed E-state index contributed by atoms with van der Waals surface area (Å²) in [5.41, 5.74) is -0.284. The molecule has 0 saturated carbocycles. The largest absolute Gasteiger partial charge is 0.478 e. The van der Waals surface area contributed by atoms with E-state index in [1.165, 1.54) is 13.8 Å². The fourth-order valence-electron chi connectivity index (χ4n) is 2.64. The fourth-order valence-corrected chi connectivity index (χ4v) is 4.35. The van der Waals surface area contributed by atoms with Gasteiger partial charge in [-0.3, -0.25) is 0 Å². The molecule has 21 heavy (non-hydrogen) atoms. The predicted molar refractivity (Wildman–Crippen MR) is 76.0 cm³/mol. The number of carboxylic acids is 1. The van der Waals surface area contributed by atoms with E-state index in [1.54, 1.807) is 0 Å². The molecule has 2 rings (SSSR count). The van der Waals surface area contributed by atoms with Crippen LogP contribution in [0.2, 0.25) is 0 Å². The molecule has 0 aromatic carbocycles. The van der Waals surface area contributed by atoms with Crippen LogP contribution in [0.3, 0.4) is 0 Å². The third-order valence-corrected chi connectivity index (χ3v) is 5.40. The number of piperidine rings is 1. The number of furan rings is 1. The van der Waals surface area contributed by atoms with E-state index in [0.29, 0.717) is 12.8 Å². The summed E-state index contributed by atoms with van der Waals surface area (Å²) in [6.45, 7) is 4.53. The van der Waals surface area contributed by atoms with E-state index in [1.807, 2.05) is 7.05 Å². The Kier molecular flexibility index (Phi) is 4.40. The molecule has 0 spiro atoms. The molecule has 0 unspecified atom stereocenters. The zero-order chi connectivity index (χ0) is 15.8. The van der Waals surface area contributed by atoms with Crippen molar-refractivity contribution < 1.29 is 22.7 Å². The van der Waals surface area contributed by atoms with E-state index in [2.05, 4.69) is 9.62 Å². The van der Waals surface area contributed by atoms with Gasteiger partial charge in [0.2, 0.25) is 10.0 Å². The SMILES string of the molecule is Cc1oc(C)c(S(=O)(=O)NC2CCN(C)CC2)c1C(=O)O. The molecule has 1 saturated heterocycles. The maximum absolute atomic E-state index is 12.5. The first-order valence-corrected chi connectivity index (χ1v) is 8.25. The van der Waals surface area contributed by atoms with Crippen molar-refractivity contribution in [2.75, 3.05) is 20.1 Å². The van der Waals surface area contributed by atoms with Gasteiger partial charge in [0.05, 0.1) is 0 Å². The Morgan fingerprint density at radius 2 is 1.86 bits per heavy atom. The topological polar surface area (TPSA) is 99.9 Å². The zero-order valence-corrected chi connectivity index (χ0v) is 13.2. The van der Waals surface area contributed by atoms with Crippen LogP contribution in [0, 0.1) is 13.8 Å². The van der Waals surface area contributed by atoms with Crippen LogP contribution in [0.1, 0.15) is 34.7 Å². The van der Waals surface area contributed by atoms with Crippen molar-refractivity contribution >= 4 is 16.0 Å². The minimum absolute atomic E-state index is 0.101. The van der Waals surface area contributed by atoms with Gasteiger partial charge in [0.15, 0.2) is 0 Å². The Labute approximate surface area is 124 Å². The van der Waals surface area contributed by atoms with Crippen LogP contribution in [-0.4, -0.2) is 50.6 Å². The van der Waals surface area contributed by atoms with Crippen molar-refractivity contribution in [2.45, 2.75) is 37.6 Å². The maximum Gasteiger partial charge on any atom is 0.340 e. The molecular weight excluding hydrogens is 296 g/mol. The molecule has 0 amide bonds. The number of likely N-dealkylation sites (tertiary alicyclic amines) is 1. The highest BCUT2D eigenvalue weighted by Gasteiger charge is 2.32. The summed E-state index contributed by atoms with van der Waals surface area (Å²) >= 11 is 0. The molecule has 1 aromatic rings. The van der Waals surface area contributed by atoms with Gasteiger partial charge < -0.3 is 14.4 Å². The van der Waals surface area contributed by atoms with Crippen molar-refractivity contribution in [1.29, 1.82) is 0 Å². The van der Waals surface area contributed by atoms with Gasteiger partial charge in [0, 0.05) is 6.04 Å². The van der Waals surface area contributed by atoms with Crippen LogP contribution in [0.4, 0.5) is 0 Å². The average molecular weight is 316 g/mol. The van der Waals surface area contributed by atoms with Crippen LogP contribution in [-0.2, 0) is 10.0 Å². The van der Waals surface area contributed by atoms with Crippen LogP contribution in [0.5, 0.6) is 0 Å². The number of aryl methyl sites for hydroxylation is 2. The summed E-state index contributed by atoms with van der Waals surface area (Å²) < 4.78 is 32.8. The second-order valence-electron chi connectivity index (χ2n) is 5.42. The summed E-state index contributed by atoms with van der Waals surface area (Å²) in [6, 6.07) is -0.178. The molecule has 8 heteroatoms. The van der Waals surface area contributed by atoms with E-state index < -0.39 is 16.0 Å². The standard InChI is InChI=1S/C13H20N2O5S/c1-8-11(13(16)17)12(9(2)20-8)21(18,19)14-10-4-6-15(3)7-5-10/h10,14H,4-7H2,1-3H3,(H,16,17). The smallest absolute Gasteiger partial charge is 0.340 e. The minimum Gasteiger partial charge on any atom is -0.478 e. The normalized spacial score (nSPS) is 18.0. The zero-order valence-electron chi connectivity index (χ0n) is 12.3. The molecule has 0 aliphatic carbocycles. The van der Waals surface area contributed by atoms with Crippen LogP contribution < -0.4 is 4.72 Å². The van der Waals surface area contributed by atoms with E-state index in [9.17, 15) is 18.3 Å². The quantitative estimate of drug-likeness (QED) is 0.858. The number of nitrogens with one attached hydrogen (secondary N) is 1. The van der Waals surface area contributed by atoms with Crippen molar-refractivity contribution in [3.05, 3.63) is 17.1 Å². The monoisotopic (exact) mass is 316 g/mol. The number of carbonyl (C=O) groups is 1. The van der Waals surface area contributed by atoms with E-state index in [4.69, 9.17) is 4.42 Å². The third-order valence-electron chi connectivity index (χ3n) is 3.73. The summed E-state index contributed by atoms with van der Waals surface area (Å²) in [5.74, 6) is -1.10. The Bertz CT molecular complexity index is 642. The van der Waals surface area contributed by atoms with Gasteiger partial charge >= 0.3 is 5.97 Å². The molecule has 1 aromatic heterocycles. The number of rotatable bonds is 4. The highest BCUT2D eigenvalue weighted by atomic mass is 32.2. The predicted octanol–water partition coefficient (Wildman–Crippen LogP) is 0.967. The maximum atomic E-state index is 12.5. The van der Waals surface area contributed by atoms with Crippen molar-refractivity contribution in [3.8, 4) is 0 Å². The molecular formula is C13H20N2O5S. The fraction of sp³-hybridized carbons (Fsp3) is 0.615. The van der Waals surface area contributed by atoms with Crippen molar-refractivity contribution in [1.82, 2.24) is 9.62 Å². The van der Waals surface area contributed by atoms with E-state index in [-0.39, 0.29) is 28.0 Å². The first kappa shape index (κ1) is 16.0. The van der Waals surface area contributed by atoms with Crippen molar-refractivity contribution in [3.63, 3.8) is 0 Å². The number of carboxylic acid groups (broad SMARTS) is 1. The number of hydrogen-bond donors (Lipinski definition) is 2. The molecule has 1 fully saturated rings. The van der Waals surface area contributed by atoms with Crippen LogP contribution >= 0.6 is 0 Å². The van der Waals surface area contributed by atoms with Gasteiger partial charge in [0.25, 0.3) is 0 Å². The van der Waals surface area contributed by atoms with E-state index >= 15 is 0 Å². The van der Waals surface area contributed by atoms with Crippen LogP contribution in [0.15, 0.2) is 9.31 Å². The van der Waals surface area contributed by atoms with Gasteiger partial charge in [0.1, 0.15) is 22.0 Å². The van der Waals surface area contributed by atoms with Crippen molar-refractivity contribution in [2.24, 2.45) is 0 Å². The lowest BCUT2D eigenvalue weighted by molar-refractivity contribution is 0.0691. The first-order chi connectivity index (χ1) is 9.72. The molecule has 0 radical (unpaired) electrons. The highest BCUT2D eigenvalue weighted by Crippen LogP contribution is 2.27. The van der Waals surface area contributed by atoms with Gasteiger partial charge in [-0.05, 0) is 46.8 Å². The minimum atomic E-state index is -3.91. The molecule has 0 atom stereocenters. The highest BCUT2D eigenvalue weighted by molar-refractivity contribution is 7.89. The van der Waals surface area contributed by atoms with Gasteiger partial charge in [-0.2, -0.15) is 0 Å². The number of hydrogen-bond acceptors (Lipinski definition) is 5. The lowest BCUT2D eigenvalue weighted by Crippen LogP contribution is -2.43. The summed E-state index contributed by atoms with van der Waals surface area (Å²) in [5, 5.41) is 9.20. The number of aromatic carboxylic acids is 1. The Hall–Kier alpha value is -1.38. The molecule has 1 aliphatic heterocycles. The molecule has 0 bridgehead atoms. The average Bonchev–Trinajstić information content (AvgIpc) is 2.67. The second-order valence-corrected chi connectivity index (χ2v) is 7.07.